The molecule has 3 rings (SSSR count). The summed E-state index contributed by atoms with van der Waals surface area (Å²) in [5.74, 6) is 0.524. The summed E-state index contributed by atoms with van der Waals surface area (Å²) < 4.78 is 5.38. The van der Waals surface area contributed by atoms with E-state index in [2.05, 4.69) is 25.6 Å². The van der Waals surface area contributed by atoms with Crippen molar-refractivity contribution in [1.29, 1.82) is 0 Å². The van der Waals surface area contributed by atoms with Gasteiger partial charge >= 0.3 is 6.09 Å². The van der Waals surface area contributed by atoms with E-state index in [1.54, 1.807) is 11.8 Å². The third-order valence-corrected chi connectivity index (χ3v) is 6.73. The van der Waals surface area contributed by atoms with Crippen molar-refractivity contribution in [1.82, 2.24) is 4.90 Å². The van der Waals surface area contributed by atoms with E-state index in [1.807, 2.05) is 32.1 Å². The molecule has 0 radical (unpaired) electrons. The summed E-state index contributed by atoms with van der Waals surface area (Å²) in [6.45, 7) is 10.3. The maximum atomic E-state index is 12.6. The van der Waals surface area contributed by atoms with Gasteiger partial charge in [0.05, 0.1) is 5.88 Å². The highest BCUT2D eigenvalue weighted by Crippen LogP contribution is 2.44. The third-order valence-electron chi connectivity index (χ3n) is 5.34. The fraction of sp³-hybridized carbons (Fsp3) is 0.429. The van der Waals surface area contributed by atoms with E-state index in [0.29, 0.717) is 5.88 Å². The van der Waals surface area contributed by atoms with E-state index in [1.165, 1.54) is 21.6 Å². The van der Waals surface area contributed by atoms with Crippen LogP contribution in [0.4, 0.5) is 4.79 Å². The van der Waals surface area contributed by atoms with E-state index in [-0.39, 0.29) is 17.3 Å². The van der Waals surface area contributed by atoms with Gasteiger partial charge in [0.1, 0.15) is 18.9 Å². The zero-order chi connectivity index (χ0) is 18.9. The lowest BCUT2D eigenvalue weighted by atomic mass is 9.95. The van der Waals surface area contributed by atoms with Crippen LogP contribution in [0.15, 0.2) is 42.5 Å². The smallest absolute Gasteiger partial charge is 0.411 e. The lowest BCUT2D eigenvalue weighted by molar-refractivity contribution is -0.112. The van der Waals surface area contributed by atoms with Crippen LogP contribution in [-0.4, -0.2) is 40.6 Å². The largest absolute Gasteiger partial charge is 0.448 e. The quantitative estimate of drug-likeness (QED) is 0.709. The first-order chi connectivity index (χ1) is 12.4. The second-order valence-corrected chi connectivity index (χ2v) is 8.74. The topological polar surface area (TPSA) is 46.6 Å². The van der Waals surface area contributed by atoms with Crippen molar-refractivity contribution >= 4 is 29.7 Å². The standard InChI is InChI=1S/C21H25NO3S/c1-5-14-15(6-2)18(17-10-8-7-9-16(14)17)12-25-20(24)22-13-26-21(3,4)19(22)11-23/h5,7-11,18-19H,1,6,12-13H2,2-4H3/t18?,19-/m1/s1. The lowest BCUT2D eigenvalue weighted by Crippen LogP contribution is -2.45. The Balaban J connectivity index is 1.77. The monoisotopic (exact) mass is 371 g/mol. The number of rotatable bonds is 5. The first-order valence-electron chi connectivity index (χ1n) is 8.92. The number of benzene rings is 1. The minimum absolute atomic E-state index is 0.0473. The maximum Gasteiger partial charge on any atom is 0.411 e. The summed E-state index contributed by atoms with van der Waals surface area (Å²) in [7, 11) is 0. The summed E-state index contributed by atoms with van der Waals surface area (Å²) in [6.07, 6.45) is 3.20. The number of amides is 1. The molecule has 1 heterocycles. The van der Waals surface area contributed by atoms with Crippen molar-refractivity contribution in [2.75, 3.05) is 12.5 Å². The molecule has 0 bridgehead atoms. The van der Waals surface area contributed by atoms with Crippen molar-refractivity contribution < 1.29 is 14.3 Å². The van der Waals surface area contributed by atoms with Crippen molar-refractivity contribution in [3.8, 4) is 0 Å². The molecule has 4 nitrogen and oxygen atoms in total. The molecule has 1 aliphatic heterocycles. The van der Waals surface area contributed by atoms with Crippen LogP contribution in [-0.2, 0) is 9.53 Å². The summed E-state index contributed by atoms with van der Waals surface area (Å²) in [6, 6.07) is 7.74. The molecule has 138 valence electrons. The Labute approximate surface area is 159 Å². The fourth-order valence-electron chi connectivity index (χ4n) is 3.88. The Morgan fingerprint density at radius 1 is 1.42 bits per heavy atom. The molecule has 0 aromatic heterocycles. The molecule has 0 saturated carbocycles. The molecule has 0 spiro atoms. The van der Waals surface area contributed by atoms with Crippen LogP contribution in [0.3, 0.4) is 0 Å². The van der Waals surface area contributed by atoms with E-state index in [4.69, 9.17) is 4.74 Å². The number of thioether (sulfide) groups is 1. The normalized spacial score (nSPS) is 23.7. The van der Waals surface area contributed by atoms with Crippen LogP contribution in [0.5, 0.6) is 0 Å². The molecular formula is C21H25NO3S. The molecule has 26 heavy (non-hydrogen) atoms. The first-order valence-corrected chi connectivity index (χ1v) is 9.90. The Bertz CT molecular complexity index is 768. The highest BCUT2D eigenvalue weighted by molar-refractivity contribution is 8.00. The molecule has 5 heteroatoms. The molecule has 2 atom stereocenters. The van der Waals surface area contributed by atoms with E-state index < -0.39 is 12.1 Å². The number of carbonyl (C=O) groups is 2. The van der Waals surface area contributed by atoms with Crippen LogP contribution in [0.25, 0.3) is 5.57 Å². The van der Waals surface area contributed by atoms with Gasteiger partial charge in [-0.25, -0.2) is 4.79 Å². The van der Waals surface area contributed by atoms with Crippen molar-refractivity contribution in [3.05, 3.63) is 53.6 Å². The summed E-state index contributed by atoms with van der Waals surface area (Å²) in [4.78, 5) is 25.6. The Morgan fingerprint density at radius 2 is 2.15 bits per heavy atom. The molecule has 1 aromatic rings. The van der Waals surface area contributed by atoms with Crippen LogP contribution in [0, 0.1) is 0 Å². The minimum atomic E-state index is -0.458. The van der Waals surface area contributed by atoms with E-state index >= 15 is 0 Å². The molecule has 2 aliphatic rings. The summed E-state index contributed by atoms with van der Waals surface area (Å²) in [5, 5.41) is 0. The number of carbonyl (C=O) groups excluding carboxylic acids is 2. The Hall–Kier alpha value is -2.01. The lowest BCUT2D eigenvalue weighted by Gasteiger charge is -2.26. The van der Waals surface area contributed by atoms with Gasteiger partial charge in [-0.1, -0.05) is 49.4 Å². The first kappa shape index (κ1) is 18.8. The number of allylic oxidation sites excluding steroid dienone is 2. The van der Waals surface area contributed by atoms with Gasteiger partial charge in [0.25, 0.3) is 0 Å². The van der Waals surface area contributed by atoms with Gasteiger partial charge in [-0.3, -0.25) is 4.90 Å². The number of hydrogen-bond acceptors (Lipinski definition) is 4. The van der Waals surface area contributed by atoms with Crippen LogP contribution in [0.2, 0.25) is 0 Å². The number of aldehydes is 1. The van der Waals surface area contributed by atoms with Gasteiger partial charge in [-0.2, -0.15) is 0 Å². The molecular weight excluding hydrogens is 346 g/mol. The van der Waals surface area contributed by atoms with Gasteiger partial charge in [0, 0.05) is 10.7 Å². The number of ether oxygens (including phenoxy) is 1. The number of nitrogens with zero attached hydrogens (tertiary/aromatic N) is 1. The van der Waals surface area contributed by atoms with Crippen molar-refractivity contribution in [2.24, 2.45) is 0 Å². The summed E-state index contributed by atoms with van der Waals surface area (Å²) in [5.41, 5.74) is 4.74. The van der Waals surface area contributed by atoms with Gasteiger partial charge < -0.3 is 9.53 Å². The Morgan fingerprint density at radius 3 is 2.81 bits per heavy atom. The predicted octanol–water partition coefficient (Wildman–Crippen LogP) is 4.62. The second-order valence-electron chi connectivity index (χ2n) is 7.14. The predicted molar refractivity (Wildman–Crippen MR) is 106 cm³/mol. The van der Waals surface area contributed by atoms with Crippen molar-refractivity contribution in [2.45, 2.75) is 43.9 Å². The van der Waals surface area contributed by atoms with Gasteiger partial charge in [0.15, 0.2) is 0 Å². The summed E-state index contributed by atoms with van der Waals surface area (Å²) >= 11 is 1.60. The third kappa shape index (κ3) is 3.09. The molecule has 1 aromatic carbocycles. The SMILES string of the molecule is C=CC1=C(CC)C(COC(=O)N2CSC(C)(C)[C@H]2C=O)c2ccccc21. The molecule has 1 amide bonds. The molecule has 1 saturated heterocycles. The zero-order valence-electron chi connectivity index (χ0n) is 15.5. The highest BCUT2D eigenvalue weighted by atomic mass is 32.2. The minimum Gasteiger partial charge on any atom is -0.448 e. The average Bonchev–Trinajstić information content (AvgIpc) is 3.12. The maximum absolute atomic E-state index is 12.6. The number of hydrogen-bond donors (Lipinski definition) is 0. The molecule has 1 unspecified atom stereocenters. The molecule has 0 N–H and O–H groups in total. The van der Waals surface area contributed by atoms with Crippen molar-refractivity contribution in [3.63, 3.8) is 0 Å². The second kappa shape index (κ2) is 7.31. The number of fused-ring (bicyclic) bond motifs is 1. The van der Waals surface area contributed by atoms with Crippen LogP contribution in [0.1, 0.15) is 44.2 Å². The van der Waals surface area contributed by atoms with Crippen LogP contribution < -0.4 is 0 Å². The van der Waals surface area contributed by atoms with Gasteiger partial charge in [-0.05, 0) is 37.0 Å². The molecule has 1 fully saturated rings. The van der Waals surface area contributed by atoms with E-state index in [0.717, 1.165) is 18.3 Å². The van der Waals surface area contributed by atoms with Crippen LogP contribution >= 0.6 is 11.8 Å². The molecule has 1 aliphatic carbocycles. The zero-order valence-corrected chi connectivity index (χ0v) is 16.3. The average molecular weight is 372 g/mol. The van der Waals surface area contributed by atoms with Gasteiger partial charge in [0.2, 0.25) is 0 Å². The van der Waals surface area contributed by atoms with E-state index in [9.17, 15) is 9.59 Å². The fourth-order valence-corrected chi connectivity index (χ4v) is 4.97. The van der Waals surface area contributed by atoms with Gasteiger partial charge in [-0.15, -0.1) is 11.8 Å². The highest BCUT2D eigenvalue weighted by Gasteiger charge is 2.44. The Kier molecular flexibility index (Phi) is 5.28.